The number of hydrogen-bond donors (Lipinski definition) is 1. The molecule has 2 nitrogen and oxygen atoms in total. The number of benzene rings is 2. The molecule has 0 spiro atoms. The minimum Gasteiger partial charge on any atom is -0.349 e. The molecule has 1 atom stereocenters. The van der Waals surface area contributed by atoms with Crippen molar-refractivity contribution in [3.05, 3.63) is 71.3 Å². The molecule has 1 saturated carbocycles. The molecular weight excluding hydrogens is 258 g/mol. The fraction of sp³-hybridized carbons (Fsp3) is 0.368. The Morgan fingerprint density at radius 2 is 1.71 bits per heavy atom. The van der Waals surface area contributed by atoms with E-state index in [1.165, 1.54) is 36.0 Å². The van der Waals surface area contributed by atoms with E-state index in [-0.39, 0.29) is 0 Å². The predicted octanol–water partition coefficient (Wildman–Crippen LogP) is 3.60. The largest absolute Gasteiger partial charge is 0.349 e. The van der Waals surface area contributed by atoms with Gasteiger partial charge < -0.3 is 4.74 Å². The molecule has 1 fully saturated rings. The number of hydrogen-bond acceptors (Lipinski definition) is 2. The van der Waals surface area contributed by atoms with Crippen LogP contribution in [0.25, 0.3) is 0 Å². The Bertz CT molecular complexity index is 620. The van der Waals surface area contributed by atoms with Crippen molar-refractivity contribution in [3.8, 4) is 0 Å². The lowest BCUT2D eigenvalue weighted by Gasteiger charge is -2.44. The zero-order chi connectivity index (χ0) is 14.1. The number of rotatable bonds is 3. The van der Waals surface area contributed by atoms with Gasteiger partial charge in [-0.15, -0.1) is 0 Å². The Morgan fingerprint density at radius 3 is 2.48 bits per heavy atom. The molecule has 0 amide bonds. The zero-order valence-electron chi connectivity index (χ0n) is 12.2. The highest BCUT2D eigenvalue weighted by Gasteiger charge is 2.42. The number of nitrogens with one attached hydrogen (secondary N) is 1. The van der Waals surface area contributed by atoms with Crippen molar-refractivity contribution in [2.75, 3.05) is 6.54 Å². The average Bonchev–Trinajstić information content (AvgIpc) is 2.52. The van der Waals surface area contributed by atoms with Crippen LogP contribution in [0.3, 0.4) is 0 Å². The van der Waals surface area contributed by atoms with Gasteiger partial charge in [-0.3, -0.25) is 5.32 Å². The van der Waals surface area contributed by atoms with Crippen LogP contribution in [-0.4, -0.2) is 12.6 Å². The average molecular weight is 279 g/mol. The second-order valence-corrected chi connectivity index (χ2v) is 6.05. The molecule has 1 heterocycles. The lowest BCUT2D eigenvalue weighted by atomic mass is 9.85. The van der Waals surface area contributed by atoms with Crippen molar-refractivity contribution in [1.82, 2.24) is 5.32 Å². The molecule has 2 heteroatoms. The van der Waals surface area contributed by atoms with E-state index in [1.54, 1.807) is 0 Å². The van der Waals surface area contributed by atoms with Gasteiger partial charge in [0.2, 0.25) is 0 Å². The maximum atomic E-state index is 6.62. The third-order valence-electron chi connectivity index (χ3n) is 4.74. The van der Waals surface area contributed by atoms with E-state index < -0.39 is 5.72 Å². The van der Waals surface area contributed by atoms with Crippen LogP contribution in [0, 0.1) is 0 Å². The second-order valence-electron chi connectivity index (χ2n) is 6.05. The van der Waals surface area contributed by atoms with E-state index in [0.29, 0.717) is 6.10 Å². The van der Waals surface area contributed by atoms with Gasteiger partial charge in [0.25, 0.3) is 0 Å². The summed E-state index contributed by atoms with van der Waals surface area (Å²) in [7, 11) is 0. The highest BCUT2D eigenvalue weighted by Crippen LogP contribution is 2.40. The fourth-order valence-corrected chi connectivity index (χ4v) is 3.39. The summed E-state index contributed by atoms with van der Waals surface area (Å²) in [5, 5.41) is 3.68. The van der Waals surface area contributed by atoms with Crippen LogP contribution in [-0.2, 0) is 16.9 Å². The van der Waals surface area contributed by atoms with Crippen LogP contribution in [0.15, 0.2) is 54.6 Å². The van der Waals surface area contributed by atoms with Crippen molar-refractivity contribution in [2.45, 2.75) is 37.5 Å². The van der Waals surface area contributed by atoms with E-state index in [9.17, 15) is 0 Å². The first-order valence-corrected chi connectivity index (χ1v) is 7.95. The first-order chi connectivity index (χ1) is 10.4. The summed E-state index contributed by atoms with van der Waals surface area (Å²) in [5.74, 6) is 0. The van der Waals surface area contributed by atoms with E-state index in [4.69, 9.17) is 4.74 Å². The summed E-state index contributed by atoms with van der Waals surface area (Å²) in [6.07, 6.45) is 5.09. The first kappa shape index (κ1) is 13.1. The summed E-state index contributed by atoms with van der Waals surface area (Å²) >= 11 is 0. The summed E-state index contributed by atoms with van der Waals surface area (Å²) in [5.41, 5.74) is 3.43. The monoisotopic (exact) mass is 279 g/mol. The van der Waals surface area contributed by atoms with Crippen molar-refractivity contribution in [3.63, 3.8) is 0 Å². The van der Waals surface area contributed by atoms with Crippen molar-refractivity contribution < 1.29 is 4.74 Å². The lowest BCUT2D eigenvalue weighted by Crippen LogP contribution is -2.52. The van der Waals surface area contributed by atoms with E-state index in [1.807, 2.05) is 0 Å². The molecule has 4 rings (SSSR count). The molecule has 1 unspecified atom stereocenters. The molecular formula is C19H21NO. The van der Waals surface area contributed by atoms with Gasteiger partial charge in [-0.2, -0.15) is 0 Å². The first-order valence-electron chi connectivity index (χ1n) is 7.95. The molecule has 0 saturated heterocycles. The van der Waals surface area contributed by atoms with Gasteiger partial charge in [-0.05, 0) is 31.2 Å². The van der Waals surface area contributed by atoms with Gasteiger partial charge in [0.15, 0.2) is 5.72 Å². The summed E-state index contributed by atoms with van der Waals surface area (Å²) < 4.78 is 6.62. The predicted molar refractivity (Wildman–Crippen MR) is 84.1 cm³/mol. The molecule has 1 N–H and O–H groups in total. The van der Waals surface area contributed by atoms with Gasteiger partial charge in [-0.1, -0.05) is 54.6 Å². The Kier molecular flexibility index (Phi) is 3.28. The fourth-order valence-electron chi connectivity index (χ4n) is 3.39. The maximum Gasteiger partial charge on any atom is 0.172 e. The minimum absolute atomic E-state index is 0.379. The normalized spacial score (nSPS) is 25.1. The van der Waals surface area contributed by atoms with Gasteiger partial charge in [-0.25, -0.2) is 0 Å². The molecule has 2 aromatic rings. The van der Waals surface area contributed by atoms with Crippen molar-refractivity contribution in [2.24, 2.45) is 0 Å². The molecule has 1 aliphatic heterocycles. The Morgan fingerprint density at radius 1 is 0.952 bits per heavy atom. The van der Waals surface area contributed by atoms with Crippen molar-refractivity contribution >= 4 is 0 Å². The Hall–Kier alpha value is -1.64. The van der Waals surface area contributed by atoms with E-state index in [2.05, 4.69) is 59.9 Å². The zero-order valence-corrected chi connectivity index (χ0v) is 12.2. The third kappa shape index (κ3) is 2.19. The van der Waals surface area contributed by atoms with E-state index in [0.717, 1.165) is 13.0 Å². The highest BCUT2D eigenvalue weighted by molar-refractivity contribution is 5.42. The van der Waals surface area contributed by atoms with Gasteiger partial charge in [0, 0.05) is 17.7 Å². The smallest absolute Gasteiger partial charge is 0.172 e. The van der Waals surface area contributed by atoms with Crippen LogP contribution in [0.5, 0.6) is 0 Å². The summed E-state index contributed by atoms with van der Waals surface area (Å²) in [4.78, 5) is 0. The van der Waals surface area contributed by atoms with E-state index >= 15 is 0 Å². The Balaban J connectivity index is 1.84. The van der Waals surface area contributed by atoms with Crippen LogP contribution in [0.2, 0.25) is 0 Å². The minimum atomic E-state index is -0.471. The molecule has 108 valence electrons. The third-order valence-corrected chi connectivity index (χ3v) is 4.74. The van der Waals surface area contributed by atoms with Gasteiger partial charge in [0.1, 0.15) is 0 Å². The van der Waals surface area contributed by atoms with Crippen molar-refractivity contribution in [1.29, 1.82) is 0 Å². The van der Waals surface area contributed by atoms with Gasteiger partial charge >= 0.3 is 0 Å². The SMILES string of the molecule is c1ccc(C2(OC3CCC3)NCCc3ccccc32)cc1. The molecule has 0 aromatic heterocycles. The standard InChI is InChI=1S/C19H21NO/c1-2-8-16(9-3-1)19(21-17-10-6-11-17)18-12-5-4-7-15(18)13-14-20-19/h1-5,7-9,12,17,20H,6,10-11,13-14H2. The number of ether oxygens (including phenoxy) is 1. The molecule has 2 aliphatic rings. The molecule has 1 aliphatic carbocycles. The lowest BCUT2D eigenvalue weighted by molar-refractivity contribution is -0.124. The quantitative estimate of drug-likeness (QED) is 0.927. The second kappa shape index (κ2) is 5.28. The molecule has 21 heavy (non-hydrogen) atoms. The summed E-state index contributed by atoms with van der Waals surface area (Å²) in [6, 6.07) is 19.3. The van der Waals surface area contributed by atoms with Crippen LogP contribution < -0.4 is 5.32 Å². The Labute approximate surface area is 126 Å². The molecule has 0 radical (unpaired) electrons. The highest BCUT2D eigenvalue weighted by atomic mass is 16.5. The summed E-state index contributed by atoms with van der Waals surface area (Å²) in [6.45, 7) is 0.957. The van der Waals surface area contributed by atoms with Crippen LogP contribution >= 0.6 is 0 Å². The molecule has 2 aromatic carbocycles. The van der Waals surface area contributed by atoms with Gasteiger partial charge in [0.05, 0.1) is 6.10 Å². The topological polar surface area (TPSA) is 21.3 Å². The van der Waals surface area contributed by atoms with Crippen LogP contribution in [0.4, 0.5) is 0 Å². The number of fused-ring (bicyclic) bond motifs is 1. The maximum absolute atomic E-state index is 6.62. The molecule has 0 bridgehead atoms. The van der Waals surface area contributed by atoms with Crippen LogP contribution in [0.1, 0.15) is 36.0 Å².